The zero-order chi connectivity index (χ0) is 18.0. The highest BCUT2D eigenvalue weighted by Crippen LogP contribution is 2.20. The largest absolute Gasteiger partial charge is 0.468 e. The number of ether oxygens (including phenoxy) is 1. The number of halogens is 1. The highest BCUT2D eigenvalue weighted by Gasteiger charge is 2.30. The van der Waals surface area contributed by atoms with Gasteiger partial charge in [-0.1, -0.05) is 12.1 Å². The van der Waals surface area contributed by atoms with Gasteiger partial charge in [0.25, 0.3) is 0 Å². The number of methoxy groups -OCH3 is 1. The maximum absolute atomic E-state index is 14.1. The average Bonchev–Trinajstić information content (AvgIpc) is 2.90. The van der Waals surface area contributed by atoms with E-state index in [2.05, 4.69) is 5.10 Å². The number of rotatable bonds is 4. The summed E-state index contributed by atoms with van der Waals surface area (Å²) in [6.07, 6.45) is 0. The minimum absolute atomic E-state index is 0.169. The number of quaternary nitrogens is 1. The van der Waals surface area contributed by atoms with Gasteiger partial charge in [0.05, 0.1) is 19.2 Å². The Bertz CT molecular complexity index is 836. The lowest BCUT2D eigenvalue weighted by molar-refractivity contribution is -0.921. The number of esters is 1. The number of nitrogens with zero attached hydrogens (tertiary/aromatic N) is 3. The highest BCUT2D eigenvalue weighted by atomic mass is 32.2. The number of aromatic nitrogens is 3. The standard InChI is InChI=1S/C16H19FN4O2S2/c1-19-14(11-5-3-4-6-12(11)17)18-21(16(19)24)10-20-7-8-25-13(9-20)15(22)23-2/h3-6,13H,7-10H2,1-2H3/p+1/t13-/m1/s1. The smallest absolute Gasteiger partial charge is 0.324 e. The van der Waals surface area contributed by atoms with E-state index in [1.54, 1.807) is 46.3 Å². The van der Waals surface area contributed by atoms with Crippen LogP contribution in [0, 0.1) is 10.6 Å². The van der Waals surface area contributed by atoms with Crippen molar-refractivity contribution < 1.29 is 18.8 Å². The Morgan fingerprint density at radius 1 is 1.52 bits per heavy atom. The molecule has 3 rings (SSSR count). The van der Waals surface area contributed by atoms with Gasteiger partial charge in [-0.25, -0.2) is 4.39 Å². The topological polar surface area (TPSA) is 53.5 Å². The zero-order valence-electron chi connectivity index (χ0n) is 14.1. The molecular formula is C16H20FN4O2S2+. The second-order valence-electron chi connectivity index (χ2n) is 5.89. The van der Waals surface area contributed by atoms with Crippen molar-refractivity contribution in [1.29, 1.82) is 0 Å². The summed E-state index contributed by atoms with van der Waals surface area (Å²) in [5.41, 5.74) is 0.423. The Kier molecular flexibility index (Phi) is 5.55. The van der Waals surface area contributed by atoms with Crippen molar-refractivity contribution in [2.45, 2.75) is 11.9 Å². The number of benzene rings is 1. The van der Waals surface area contributed by atoms with Crippen LogP contribution in [0.15, 0.2) is 24.3 Å². The fraction of sp³-hybridized carbons (Fsp3) is 0.438. The lowest BCUT2D eigenvalue weighted by atomic mass is 10.2. The van der Waals surface area contributed by atoms with E-state index in [-0.39, 0.29) is 17.0 Å². The Labute approximate surface area is 154 Å². The summed E-state index contributed by atoms with van der Waals surface area (Å²) in [5, 5.41) is 4.35. The summed E-state index contributed by atoms with van der Waals surface area (Å²) in [7, 11) is 3.19. The number of carbonyl (C=O) groups is 1. The molecule has 6 nitrogen and oxygen atoms in total. The van der Waals surface area contributed by atoms with Crippen LogP contribution < -0.4 is 4.90 Å². The molecule has 2 aromatic rings. The molecule has 0 amide bonds. The lowest BCUT2D eigenvalue weighted by Gasteiger charge is -2.27. The third-order valence-corrected chi connectivity index (χ3v) is 5.93. The lowest BCUT2D eigenvalue weighted by Crippen LogP contribution is -3.14. The number of thioether (sulfide) groups is 1. The van der Waals surface area contributed by atoms with Crippen molar-refractivity contribution in [1.82, 2.24) is 14.3 Å². The van der Waals surface area contributed by atoms with Gasteiger partial charge >= 0.3 is 5.97 Å². The molecule has 9 heteroatoms. The Morgan fingerprint density at radius 2 is 2.28 bits per heavy atom. The fourth-order valence-electron chi connectivity index (χ4n) is 2.87. The summed E-state index contributed by atoms with van der Waals surface area (Å²) >= 11 is 7.08. The molecule has 0 aliphatic carbocycles. The Balaban J connectivity index is 1.82. The van der Waals surface area contributed by atoms with Crippen molar-refractivity contribution in [2.24, 2.45) is 7.05 Å². The van der Waals surface area contributed by atoms with Crippen molar-refractivity contribution >= 4 is 29.9 Å². The maximum atomic E-state index is 14.1. The summed E-state index contributed by atoms with van der Waals surface area (Å²) in [5.74, 6) is 0.845. The van der Waals surface area contributed by atoms with Crippen LogP contribution in [0.25, 0.3) is 11.4 Å². The third kappa shape index (κ3) is 3.78. The number of nitrogens with one attached hydrogen (secondary N) is 1. The number of hydrogen-bond donors (Lipinski definition) is 1. The van der Waals surface area contributed by atoms with Gasteiger partial charge in [0.15, 0.2) is 17.7 Å². The van der Waals surface area contributed by atoms with Crippen LogP contribution in [0.5, 0.6) is 0 Å². The molecule has 134 valence electrons. The zero-order valence-corrected chi connectivity index (χ0v) is 15.7. The van der Waals surface area contributed by atoms with Gasteiger partial charge < -0.3 is 14.2 Å². The van der Waals surface area contributed by atoms with Crippen molar-refractivity contribution in [3.8, 4) is 11.4 Å². The van der Waals surface area contributed by atoms with E-state index in [1.165, 1.54) is 18.1 Å². The van der Waals surface area contributed by atoms with Crippen molar-refractivity contribution in [3.63, 3.8) is 0 Å². The monoisotopic (exact) mass is 383 g/mol. The fourth-order valence-corrected chi connectivity index (χ4v) is 4.34. The van der Waals surface area contributed by atoms with Crippen LogP contribution in [-0.4, -0.2) is 51.5 Å². The Hall–Kier alpha value is -1.71. The number of hydrogen-bond acceptors (Lipinski definition) is 5. The molecule has 2 atom stereocenters. The molecule has 1 unspecified atom stereocenters. The molecule has 2 heterocycles. The first-order valence-electron chi connectivity index (χ1n) is 7.93. The van der Waals surface area contributed by atoms with Gasteiger partial charge in [-0.15, -0.1) is 16.9 Å². The minimum Gasteiger partial charge on any atom is -0.468 e. The van der Waals surface area contributed by atoms with E-state index in [4.69, 9.17) is 17.0 Å². The van der Waals surface area contributed by atoms with Crippen LogP contribution in [0.4, 0.5) is 4.39 Å². The van der Waals surface area contributed by atoms with Crippen molar-refractivity contribution in [3.05, 3.63) is 34.9 Å². The van der Waals surface area contributed by atoms with Crippen LogP contribution in [-0.2, 0) is 23.2 Å². The molecule has 0 saturated carbocycles. The van der Waals surface area contributed by atoms with Crippen LogP contribution >= 0.6 is 24.0 Å². The van der Waals surface area contributed by atoms with E-state index >= 15 is 0 Å². The maximum Gasteiger partial charge on any atom is 0.324 e. The molecular weight excluding hydrogens is 363 g/mol. The quantitative estimate of drug-likeness (QED) is 0.628. The molecule has 1 aromatic carbocycles. The molecule has 1 fully saturated rings. The summed E-state index contributed by atoms with van der Waals surface area (Å²) in [6, 6.07) is 6.52. The normalized spacial score (nSPS) is 20.4. The van der Waals surface area contributed by atoms with Crippen LogP contribution in [0.1, 0.15) is 0 Å². The van der Waals surface area contributed by atoms with Gasteiger partial charge in [0.1, 0.15) is 12.4 Å². The Morgan fingerprint density at radius 3 is 3.00 bits per heavy atom. The summed E-state index contributed by atoms with van der Waals surface area (Å²) < 4.78 is 22.9. The molecule has 0 bridgehead atoms. The van der Waals surface area contributed by atoms with Gasteiger partial charge in [-0.3, -0.25) is 4.79 Å². The van der Waals surface area contributed by atoms with Gasteiger partial charge in [-0.05, 0) is 24.4 Å². The first-order chi connectivity index (χ1) is 12.0. The van der Waals surface area contributed by atoms with E-state index in [1.807, 2.05) is 0 Å². The predicted molar refractivity (Wildman–Crippen MR) is 96.4 cm³/mol. The van der Waals surface area contributed by atoms with E-state index in [0.29, 0.717) is 29.4 Å². The second-order valence-corrected chi connectivity index (χ2v) is 7.57. The average molecular weight is 383 g/mol. The van der Waals surface area contributed by atoms with E-state index in [0.717, 1.165) is 12.3 Å². The van der Waals surface area contributed by atoms with Gasteiger partial charge in [0, 0.05) is 12.8 Å². The van der Waals surface area contributed by atoms with E-state index in [9.17, 15) is 9.18 Å². The third-order valence-electron chi connectivity index (χ3n) is 4.24. The molecule has 1 aliphatic rings. The summed E-state index contributed by atoms with van der Waals surface area (Å²) in [6.45, 7) is 2.10. The second kappa shape index (κ2) is 7.67. The predicted octanol–water partition coefficient (Wildman–Crippen LogP) is 0.888. The van der Waals surface area contributed by atoms with Crippen molar-refractivity contribution in [2.75, 3.05) is 26.0 Å². The minimum atomic E-state index is -0.328. The molecule has 0 spiro atoms. The van der Waals surface area contributed by atoms with Gasteiger partial charge in [0.2, 0.25) is 4.77 Å². The SMILES string of the molecule is COC(=O)[C@H]1C[NH+](Cn2nc(-c3ccccc3F)n(C)c2=S)CCS1. The molecule has 1 saturated heterocycles. The molecule has 25 heavy (non-hydrogen) atoms. The van der Waals surface area contributed by atoms with Gasteiger partial charge in [-0.2, -0.15) is 4.68 Å². The van der Waals surface area contributed by atoms with E-state index < -0.39 is 0 Å². The summed E-state index contributed by atoms with van der Waals surface area (Å²) in [4.78, 5) is 13.0. The molecule has 0 radical (unpaired) electrons. The molecule has 1 aliphatic heterocycles. The first-order valence-corrected chi connectivity index (χ1v) is 9.38. The number of carbonyl (C=O) groups excluding carboxylic acids is 1. The first kappa shape index (κ1) is 18.1. The molecule has 1 aromatic heterocycles. The highest BCUT2D eigenvalue weighted by molar-refractivity contribution is 8.00. The van der Waals surface area contributed by atoms with Crippen LogP contribution in [0.3, 0.4) is 0 Å². The molecule has 1 N–H and O–H groups in total. The van der Waals surface area contributed by atoms with Crippen LogP contribution in [0.2, 0.25) is 0 Å².